The molecule has 2 bridgehead atoms. The van der Waals surface area contributed by atoms with Crippen molar-refractivity contribution in [2.24, 2.45) is 0 Å². The predicted molar refractivity (Wildman–Crippen MR) is 160 cm³/mol. The van der Waals surface area contributed by atoms with E-state index in [0.29, 0.717) is 44.1 Å². The van der Waals surface area contributed by atoms with Crippen molar-refractivity contribution in [3.05, 3.63) is 49.7 Å². The number of nitrogens with one attached hydrogen (secondary N) is 1. The molecule has 1 aromatic carbocycles. The van der Waals surface area contributed by atoms with Gasteiger partial charge in [-0.3, -0.25) is 4.57 Å². The molecule has 3 atom stereocenters. The molecule has 206 valence electrons. The van der Waals surface area contributed by atoms with Crippen LogP contribution in [0, 0.1) is 0 Å². The second-order valence-electron chi connectivity index (χ2n) is 10.6. The van der Waals surface area contributed by atoms with Gasteiger partial charge in [-0.2, -0.15) is 4.98 Å². The zero-order valence-corrected chi connectivity index (χ0v) is 24.3. The van der Waals surface area contributed by atoms with Crippen LogP contribution in [0.5, 0.6) is 0 Å². The highest BCUT2D eigenvalue weighted by molar-refractivity contribution is 7.99. The van der Waals surface area contributed by atoms with Gasteiger partial charge in [-0.15, -0.1) is 11.8 Å². The van der Waals surface area contributed by atoms with E-state index in [4.69, 9.17) is 17.3 Å². The molecule has 0 radical (unpaired) electrons. The summed E-state index contributed by atoms with van der Waals surface area (Å²) < 4.78 is 16.8. The molecule has 5 heterocycles. The molecule has 6 rings (SSSR count). The Morgan fingerprint density at radius 1 is 1.33 bits per heavy atom. The molecule has 0 amide bonds. The molecule has 3 aromatic rings. The second-order valence-corrected chi connectivity index (χ2v) is 13.1. The van der Waals surface area contributed by atoms with Gasteiger partial charge in [-0.1, -0.05) is 29.5 Å². The normalized spacial score (nSPS) is 23.7. The molecule has 2 saturated heterocycles. The first-order valence-electron chi connectivity index (χ1n) is 13.1. The summed E-state index contributed by atoms with van der Waals surface area (Å²) in [6, 6.07) is 2.69. The molecule has 3 N–H and O–H groups in total. The Hall–Kier alpha value is -2.44. The minimum Gasteiger partial charge on any atom is -0.375 e. The van der Waals surface area contributed by atoms with Crippen molar-refractivity contribution in [2.75, 3.05) is 50.1 Å². The number of nitrogen functional groups attached to an aromatic ring is 1. The van der Waals surface area contributed by atoms with Gasteiger partial charge >= 0.3 is 5.69 Å². The van der Waals surface area contributed by atoms with Gasteiger partial charge in [-0.05, 0) is 58.1 Å². The number of allylic oxidation sites excluding steroid dienone is 1. The van der Waals surface area contributed by atoms with Crippen molar-refractivity contribution in [3.8, 4) is 0 Å². The first-order chi connectivity index (χ1) is 18.7. The number of thioether (sulfide) groups is 1. The molecule has 8 nitrogen and oxygen atoms in total. The summed E-state index contributed by atoms with van der Waals surface area (Å²) in [6.07, 6.45) is 6.00. The van der Waals surface area contributed by atoms with Crippen LogP contribution >= 0.6 is 34.7 Å². The number of hydrogen-bond acceptors (Lipinski definition) is 9. The number of hydrogen-bond donors (Lipinski definition) is 2. The Kier molecular flexibility index (Phi) is 7.22. The van der Waals surface area contributed by atoms with Crippen molar-refractivity contribution in [2.45, 2.75) is 42.3 Å². The number of piperazine rings is 1. The summed E-state index contributed by atoms with van der Waals surface area (Å²) in [6.45, 7) is 6.01. The van der Waals surface area contributed by atoms with Crippen molar-refractivity contribution < 1.29 is 4.39 Å². The Bertz CT molecular complexity index is 1640. The first kappa shape index (κ1) is 26.8. The lowest BCUT2D eigenvalue weighted by molar-refractivity contribution is 0.357. The minimum absolute atomic E-state index is 0.00769. The van der Waals surface area contributed by atoms with E-state index in [1.165, 1.54) is 0 Å². The zero-order chi connectivity index (χ0) is 27.4. The maximum absolute atomic E-state index is 14.6. The maximum Gasteiger partial charge on any atom is 0.350 e. The van der Waals surface area contributed by atoms with Crippen molar-refractivity contribution in [1.82, 2.24) is 24.8 Å². The lowest BCUT2D eigenvalue weighted by Gasteiger charge is -2.36. The number of halogens is 2. The van der Waals surface area contributed by atoms with Gasteiger partial charge in [0.25, 0.3) is 0 Å². The highest BCUT2D eigenvalue weighted by Crippen LogP contribution is 2.44. The molecule has 39 heavy (non-hydrogen) atoms. The predicted octanol–water partition coefficient (Wildman–Crippen LogP) is 2.72. The number of nitrogens with two attached hydrogens (primary N) is 1. The summed E-state index contributed by atoms with van der Waals surface area (Å²) in [5.74, 6) is 0.904. The number of aromatic nitrogens is 3. The molecule has 3 unspecified atom stereocenters. The van der Waals surface area contributed by atoms with Gasteiger partial charge < -0.3 is 20.9 Å². The van der Waals surface area contributed by atoms with Crippen molar-refractivity contribution in [1.29, 1.82) is 0 Å². The molecule has 0 spiro atoms. The monoisotopic (exact) mass is 587 g/mol. The van der Waals surface area contributed by atoms with Crippen LogP contribution < -0.4 is 31.5 Å². The van der Waals surface area contributed by atoms with Crippen molar-refractivity contribution in [3.63, 3.8) is 0 Å². The highest BCUT2D eigenvalue weighted by atomic mass is 35.5. The van der Waals surface area contributed by atoms with Crippen LogP contribution in [0.1, 0.15) is 30.9 Å². The number of benzene rings is 1. The Labute approximate surface area is 239 Å². The van der Waals surface area contributed by atoms with Gasteiger partial charge in [0, 0.05) is 57.8 Å². The van der Waals surface area contributed by atoms with Gasteiger partial charge in [-0.25, -0.2) is 14.2 Å². The summed E-state index contributed by atoms with van der Waals surface area (Å²) in [5, 5.41) is 5.67. The number of fused-ring (bicyclic) bond motifs is 2. The number of thiazole rings is 1. The molecular weight excluding hydrogens is 557 g/mol. The second kappa shape index (κ2) is 10.5. The average Bonchev–Trinajstić information content (AvgIpc) is 3.45. The third-order valence-corrected chi connectivity index (χ3v) is 10.2. The Balaban J connectivity index is 1.61. The standard InChI is InChI=1S/C27H31ClFN7OS2/c1-4-20(29)24-21(32-26(30)39-24)10-17-19(28)9-18-22-23(17)38-13-16(7-8-34(2)3)36(22)27(37)33-25(18)35-11-14-5-6-15(12-35)31-14/h4,9-10,14-16,31H,1,5-8,11-13H2,2-3H3,(H2,30,32)/b21-10-,24-20-. The van der Waals surface area contributed by atoms with Gasteiger partial charge in [0.05, 0.1) is 15.4 Å². The molecule has 12 heteroatoms. The highest BCUT2D eigenvalue weighted by Gasteiger charge is 2.35. The van der Waals surface area contributed by atoms with Crippen LogP contribution in [-0.4, -0.2) is 71.0 Å². The first-order valence-corrected chi connectivity index (χ1v) is 15.2. The van der Waals surface area contributed by atoms with E-state index in [1.54, 1.807) is 17.8 Å². The molecule has 3 aliphatic heterocycles. The quantitative estimate of drug-likeness (QED) is 0.455. The molecule has 0 aliphatic carbocycles. The van der Waals surface area contributed by atoms with Crippen LogP contribution in [0.15, 0.2) is 28.4 Å². The fourth-order valence-corrected chi connectivity index (χ4v) is 8.29. The van der Waals surface area contributed by atoms with Gasteiger partial charge in [0.15, 0.2) is 5.13 Å². The van der Waals surface area contributed by atoms with Crippen LogP contribution in [0.25, 0.3) is 22.8 Å². The summed E-state index contributed by atoms with van der Waals surface area (Å²) in [7, 11) is 4.07. The van der Waals surface area contributed by atoms with Crippen LogP contribution in [0.4, 0.5) is 15.3 Å². The van der Waals surface area contributed by atoms with Gasteiger partial charge in [0.1, 0.15) is 11.6 Å². The van der Waals surface area contributed by atoms with E-state index in [0.717, 1.165) is 72.1 Å². The third kappa shape index (κ3) is 4.88. The number of nitrogens with zero attached hydrogens (tertiary/aromatic N) is 5. The molecule has 3 aliphatic rings. The fraction of sp³-hybridized carbons (Fsp3) is 0.444. The molecule has 2 aromatic heterocycles. The third-order valence-electron chi connectivity index (χ3n) is 7.69. The van der Waals surface area contributed by atoms with E-state index < -0.39 is 5.83 Å². The molecule has 2 fully saturated rings. The van der Waals surface area contributed by atoms with Crippen LogP contribution in [0.2, 0.25) is 5.02 Å². The average molecular weight is 588 g/mol. The molecular formula is C27H31ClFN7OS2. The Morgan fingerprint density at radius 2 is 2.08 bits per heavy atom. The van der Waals surface area contributed by atoms with Crippen LogP contribution in [0.3, 0.4) is 0 Å². The summed E-state index contributed by atoms with van der Waals surface area (Å²) in [5.41, 5.74) is 7.25. The van der Waals surface area contributed by atoms with E-state index >= 15 is 0 Å². The van der Waals surface area contributed by atoms with E-state index in [2.05, 4.69) is 31.7 Å². The SMILES string of the molecule is C=C/C(F)=c1/sc(N)n/c1=C\c1c(Cl)cc2c(N3CC4CCC(C3)N4)nc(=O)n3c2c1SCC3CCN(C)C. The topological polar surface area (TPSA) is 92.3 Å². The lowest BCUT2D eigenvalue weighted by atomic mass is 10.1. The Morgan fingerprint density at radius 3 is 2.77 bits per heavy atom. The summed E-state index contributed by atoms with van der Waals surface area (Å²) in [4.78, 5) is 28.0. The van der Waals surface area contributed by atoms with E-state index in [9.17, 15) is 9.18 Å². The fourth-order valence-electron chi connectivity index (χ4n) is 5.89. The van der Waals surface area contributed by atoms with Crippen LogP contribution in [-0.2, 0) is 0 Å². The zero-order valence-electron chi connectivity index (χ0n) is 21.9. The number of rotatable bonds is 6. The smallest absolute Gasteiger partial charge is 0.350 e. The maximum atomic E-state index is 14.6. The lowest BCUT2D eigenvalue weighted by Crippen LogP contribution is -2.52. The van der Waals surface area contributed by atoms with E-state index in [1.807, 2.05) is 24.7 Å². The minimum atomic E-state index is -0.492. The number of anilines is 2. The van der Waals surface area contributed by atoms with Crippen molar-refractivity contribution >= 4 is 68.5 Å². The van der Waals surface area contributed by atoms with E-state index in [-0.39, 0.29) is 16.9 Å². The largest absolute Gasteiger partial charge is 0.375 e. The molecule has 0 saturated carbocycles. The summed E-state index contributed by atoms with van der Waals surface area (Å²) >= 11 is 9.71. The van der Waals surface area contributed by atoms with Gasteiger partial charge in [0.2, 0.25) is 0 Å².